The fourth-order valence-electron chi connectivity index (χ4n) is 1.40. The number of nitrogens with zero attached hydrogens (tertiary/aromatic N) is 2. The third-order valence-corrected chi connectivity index (χ3v) is 2.28. The van der Waals surface area contributed by atoms with E-state index in [4.69, 9.17) is 0 Å². The van der Waals surface area contributed by atoms with Crippen molar-refractivity contribution in [2.45, 2.75) is 6.92 Å². The molecule has 0 bridgehead atoms. The maximum absolute atomic E-state index is 11.8. The Morgan fingerprint density at radius 3 is 2.65 bits per heavy atom. The van der Waals surface area contributed by atoms with E-state index in [2.05, 4.69) is 15.3 Å². The van der Waals surface area contributed by atoms with Crippen LogP contribution in [0.4, 0.5) is 5.69 Å². The minimum absolute atomic E-state index is 0.170. The maximum atomic E-state index is 11.8. The van der Waals surface area contributed by atoms with Crippen molar-refractivity contribution in [1.29, 1.82) is 0 Å². The lowest BCUT2D eigenvalue weighted by molar-refractivity contribution is 0.102. The SMILES string of the molecule is Cc1cc(O)ccc1NC(=O)c1cncnc1. The Bertz CT molecular complexity index is 541. The molecule has 0 saturated heterocycles. The van der Waals surface area contributed by atoms with Crippen LogP contribution in [0, 0.1) is 6.92 Å². The minimum Gasteiger partial charge on any atom is -0.508 e. The van der Waals surface area contributed by atoms with Crippen molar-refractivity contribution in [3.63, 3.8) is 0 Å². The van der Waals surface area contributed by atoms with Gasteiger partial charge in [-0.15, -0.1) is 0 Å². The normalized spacial score (nSPS) is 9.94. The molecule has 0 saturated carbocycles. The summed E-state index contributed by atoms with van der Waals surface area (Å²) >= 11 is 0. The first kappa shape index (κ1) is 11.1. The van der Waals surface area contributed by atoms with Crippen LogP contribution < -0.4 is 5.32 Å². The molecule has 0 aliphatic heterocycles. The average molecular weight is 229 g/mol. The van der Waals surface area contributed by atoms with E-state index >= 15 is 0 Å². The number of carbonyl (C=O) groups excluding carboxylic acids is 1. The number of hydrogen-bond donors (Lipinski definition) is 2. The van der Waals surface area contributed by atoms with Gasteiger partial charge in [0.1, 0.15) is 12.1 Å². The zero-order valence-corrected chi connectivity index (χ0v) is 9.21. The minimum atomic E-state index is -0.278. The number of carbonyl (C=O) groups is 1. The largest absolute Gasteiger partial charge is 0.508 e. The lowest BCUT2D eigenvalue weighted by Gasteiger charge is -2.08. The number of phenolic OH excluding ortho intramolecular Hbond substituents is 1. The van der Waals surface area contributed by atoms with Gasteiger partial charge in [0.15, 0.2) is 0 Å². The molecular weight excluding hydrogens is 218 g/mol. The van der Waals surface area contributed by atoms with Crippen molar-refractivity contribution >= 4 is 11.6 Å². The van der Waals surface area contributed by atoms with Gasteiger partial charge in [0, 0.05) is 18.1 Å². The molecule has 2 rings (SSSR count). The van der Waals surface area contributed by atoms with Gasteiger partial charge in [0.05, 0.1) is 5.56 Å². The third-order valence-electron chi connectivity index (χ3n) is 2.28. The third kappa shape index (κ3) is 2.57. The Morgan fingerprint density at radius 1 is 1.29 bits per heavy atom. The van der Waals surface area contributed by atoms with Gasteiger partial charge in [-0.3, -0.25) is 4.79 Å². The Hall–Kier alpha value is -2.43. The van der Waals surface area contributed by atoms with E-state index in [-0.39, 0.29) is 11.7 Å². The Balaban J connectivity index is 2.19. The summed E-state index contributed by atoms with van der Waals surface area (Å²) in [5.41, 5.74) is 1.83. The average Bonchev–Trinajstić information content (AvgIpc) is 2.34. The fourth-order valence-corrected chi connectivity index (χ4v) is 1.40. The number of nitrogens with one attached hydrogen (secondary N) is 1. The molecule has 0 fully saturated rings. The molecule has 1 aromatic carbocycles. The second kappa shape index (κ2) is 4.61. The molecule has 1 aromatic heterocycles. The van der Waals surface area contributed by atoms with Crippen molar-refractivity contribution in [3.05, 3.63) is 48.0 Å². The molecule has 0 radical (unpaired) electrons. The highest BCUT2D eigenvalue weighted by Crippen LogP contribution is 2.20. The van der Waals surface area contributed by atoms with Gasteiger partial charge < -0.3 is 10.4 Å². The van der Waals surface area contributed by atoms with Crippen LogP contribution in [0.25, 0.3) is 0 Å². The van der Waals surface area contributed by atoms with Crippen LogP contribution in [0.2, 0.25) is 0 Å². The molecule has 1 amide bonds. The van der Waals surface area contributed by atoms with E-state index in [9.17, 15) is 9.90 Å². The van der Waals surface area contributed by atoms with Crippen LogP contribution in [0.3, 0.4) is 0 Å². The number of aryl methyl sites for hydroxylation is 1. The van der Waals surface area contributed by atoms with Crippen LogP contribution in [-0.2, 0) is 0 Å². The van der Waals surface area contributed by atoms with E-state index in [1.165, 1.54) is 24.8 Å². The molecule has 0 unspecified atom stereocenters. The summed E-state index contributed by atoms with van der Waals surface area (Å²) in [6, 6.07) is 4.74. The molecule has 0 aliphatic rings. The number of hydrogen-bond acceptors (Lipinski definition) is 4. The number of aromatic nitrogens is 2. The number of anilines is 1. The van der Waals surface area contributed by atoms with Gasteiger partial charge >= 0.3 is 0 Å². The first-order valence-corrected chi connectivity index (χ1v) is 5.03. The molecule has 0 spiro atoms. The number of phenols is 1. The quantitative estimate of drug-likeness (QED) is 0.769. The smallest absolute Gasteiger partial charge is 0.258 e. The topological polar surface area (TPSA) is 75.1 Å². The molecule has 5 heteroatoms. The van der Waals surface area contributed by atoms with Crippen molar-refractivity contribution in [1.82, 2.24) is 9.97 Å². The Kier molecular flexibility index (Phi) is 3.00. The maximum Gasteiger partial charge on any atom is 0.258 e. The molecule has 86 valence electrons. The van der Waals surface area contributed by atoms with Crippen molar-refractivity contribution < 1.29 is 9.90 Å². The summed E-state index contributed by atoms with van der Waals surface area (Å²) in [4.78, 5) is 19.3. The van der Waals surface area contributed by atoms with E-state index in [1.807, 2.05) is 0 Å². The highest BCUT2D eigenvalue weighted by molar-refractivity contribution is 6.04. The monoisotopic (exact) mass is 229 g/mol. The van der Waals surface area contributed by atoms with Crippen LogP contribution in [0.15, 0.2) is 36.9 Å². The first-order chi connectivity index (χ1) is 8.16. The highest BCUT2D eigenvalue weighted by Gasteiger charge is 2.08. The van der Waals surface area contributed by atoms with Crippen LogP contribution in [-0.4, -0.2) is 21.0 Å². The summed E-state index contributed by atoms with van der Waals surface area (Å²) in [6.07, 6.45) is 4.25. The number of benzene rings is 1. The summed E-state index contributed by atoms with van der Waals surface area (Å²) < 4.78 is 0. The van der Waals surface area contributed by atoms with Gasteiger partial charge in [-0.25, -0.2) is 9.97 Å². The van der Waals surface area contributed by atoms with Crippen molar-refractivity contribution in [2.24, 2.45) is 0 Å². The molecular formula is C12H11N3O2. The second-order valence-corrected chi connectivity index (χ2v) is 3.58. The van der Waals surface area contributed by atoms with Gasteiger partial charge in [-0.05, 0) is 30.7 Å². The summed E-state index contributed by atoms with van der Waals surface area (Å²) in [7, 11) is 0. The van der Waals surface area contributed by atoms with Gasteiger partial charge in [-0.2, -0.15) is 0 Å². The van der Waals surface area contributed by atoms with E-state index in [0.717, 1.165) is 5.56 Å². The van der Waals surface area contributed by atoms with Gasteiger partial charge in [0.25, 0.3) is 5.91 Å². The van der Waals surface area contributed by atoms with Gasteiger partial charge in [0.2, 0.25) is 0 Å². The van der Waals surface area contributed by atoms with Crippen molar-refractivity contribution in [3.8, 4) is 5.75 Å². The molecule has 17 heavy (non-hydrogen) atoms. The first-order valence-electron chi connectivity index (χ1n) is 5.03. The fraction of sp³-hybridized carbons (Fsp3) is 0.0833. The highest BCUT2D eigenvalue weighted by atomic mass is 16.3. The molecule has 2 aromatic rings. The van der Waals surface area contributed by atoms with Crippen LogP contribution in [0.1, 0.15) is 15.9 Å². The zero-order chi connectivity index (χ0) is 12.3. The van der Waals surface area contributed by atoms with Crippen molar-refractivity contribution in [2.75, 3.05) is 5.32 Å². The zero-order valence-electron chi connectivity index (χ0n) is 9.21. The predicted octanol–water partition coefficient (Wildman–Crippen LogP) is 1.74. The van der Waals surface area contributed by atoms with E-state index in [0.29, 0.717) is 11.3 Å². The molecule has 1 heterocycles. The predicted molar refractivity (Wildman–Crippen MR) is 62.8 cm³/mol. The van der Waals surface area contributed by atoms with Gasteiger partial charge in [-0.1, -0.05) is 0 Å². The number of rotatable bonds is 2. The lowest BCUT2D eigenvalue weighted by atomic mass is 10.2. The Morgan fingerprint density at radius 2 is 2.00 bits per heavy atom. The Labute approximate surface area is 98.2 Å². The summed E-state index contributed by atoms with van der Waals surface area (Å²) in [6.45, 7) is 1.80. The number of aromatic hydroxyl groups is 1. The van der Waals surface area contributed by atoms with E-state index < -0.39 is 0 Å². The molecule has 0 aliphatic carbocycles. The molecule has 5 nitrogen and oxygen atoms in total. The second-order valence-electron chi connectivity index (χ2n) is 3.58. The molecule has 0 atom stereocenters. The lowest BCUT2D eigenvalue weighted by Crippen LogP contribution is -2.13. The molecule has 2 N–H and O–H groups in total. The standard InChI is InChI=1S/C12H11N3O2/c1-8-4-10(16)2-3-11(8)15-12(17)9-5-13-7-14-6-9/h2-7,16H,1H3,(H,15,17). The van der Waals surface area contributed by atoms with Crippen LogP contribution >= 0.6 is 0 Å². The number of amides is 1. The van der Waals surface area contributed by atoms with E-state index in [1.54, 1.807) is 19.1 Å². The summed E-state index contributed by atoms with van der Waals surface area (Å²) in [5, 5.41) is 12.0. The van der Waals surface area contributed by atoms with Crippen LogP contribution in [0.5, 0.6) is 5.75 Å². The summed E-state index contributed by atoms with van der Waals surface area (Å²) in [5.74, 6) is -0.108.